The lowest BCUT2D eigenvalue weighted by Crippen LogP contribution is -2.55. The van der Waals surface area contributed by atoms with E-state index >= 15 is 0 Å². The second-order valence-corrected chi connectivity index (χ2v) is 7.23. The molecule has 0 aromatic heterocycles. The van der Waals surface area contributed by atoms with Crippen molar-refractivity contribution in [2.45, 2.75) is 12.6 Å². The van der Waals surface area contributed by atoms with Crippen LogP contribution in [0.4, 0.5) is 0 Å². The van der Waals surface area contributed by atoms with Crippen LogP contribution in [0.5, 0.6) is 11.5 Å². The normalized spacial score (nSPS) is 18.9. The lowest BCUT2D eigenvalue weighted by molar-refractivity contribution is -0.143. The number of carbonyl (C=O) groups is 2. The Morgan fingerprint density at radius 2 is 1.62 bits per heavy atom. The van der Waals surface area contributed by atoms with Crippen molar-refractivity contribution in [3.63, 3.8) is 0 Å². The highest BCUT2D eigenvalue weighted by molar-refractivity contribution is 5.82. The zero-order chi connectivity index (χ0) is 20.1. The molecule has 7 nitrogen and oxygen atoms in total. The molecular weight excluding hydrogens is 370 g/mol. The molecule has 0 bridgehead atoms. The average molecular weight is 395 g/mol. The van der Waals surface area contributed by atoms with E-state index in [2.05, 4.69) is 10.2 Å². The minimum atomic E-state index is -0.620. The standard InChI is InChI=1S/C22H25N3O4/c26-21(23-14-17-6-2-1-3-7-17)15-24-10-12-25(13-11-24)22(27)20-16-28-18-8-4-5-9-19(18)29-20/h1-9,20H,10-16H2,(H,23,26)/t20-/m1/s1. The molecule has 7 heteroatoms. The molecule has 0 spiro atoms. The van der Waals surface area contributed by atoms with Crippen LogP contribution in [-0.4, -0.2) is 67.0 Å². The van der Waals surface area contributed by atoms with Crippen LogP contribution in [0.25, 0.3) is 0 Å². The van der Waals surface area contributed by atoms with Gasteiger partial charge in [0.15, 0.2) is 11.5 Å². The van der Waals surface area contributed by atoms with Gasteiger partial charge < -0.3 is 19.7 Å². The van der Waals surface area contributed by atoms with Crippen LogP contribution >= 0.6 is 0 Å². The van der Waals surface area contributed by atoms with Gasteiger partial charge in [0.05, 0.1) is 6.54 Å². The van der Waals surface area contributed by atoms with E-state index in [0.717, 1.165) is 5.56 Å². The quantitative estimate of drug-likeness (QED) is 0.826. The molecule has 1 N–H and O–H groups in total. The lowest BCUT2D eigenvalue weighted by atomic mass is 10.2. The molecule has 2 aromatic rings. The molecule has 1 fully saturated rings. The topological polar surface area (TPSA) is 71.1 Å². The Bertz CT molecular complexity index is 850. The summed E-state index contributed by atoms with van der Waals surface area (Å²) in [6.07, 6.45) is -0.620. The van der Waals surface area contributed by atoms with Crippen molar-refractivity contribution < 1.29 is 19.1 Å². The van der Waals surface area contributed by atoms with Crippen molar-refractivity contribution in [2.75, 3.05) is 39.3 Å². The Labute approximate surface area is 170 Å². The van der Waals surface area contributed by atoms with Crippen LogP contribution in [-0.2, 0) is 16.1 Å². The molecule has 2 aromatic carbocycles. The summed E-state index contributed by atoms with van der Waals surface area (Å²) in [7, 11) is 0. The molecule has 1 atom stereocenters. The number of piperazine rings is 1. The number of carbonyl (C=O) groups excluding carboxylic acids is 2. The van der Waals surface area contributed by atoms with Gasteiger partial charge in [-0.3, -0.25) is 14.5 Å². The van der Waals surface area contributed by atoms with Crippen molar-refractivity contribution >= 4 is 11.8 Å². The second-order valence-electron chi connectivity index (χ2n) is 7.23. The van der Waals surface area contributed by atoms with E-state index in [-0.39, 0.29) is 18.4 Å². The van der Waals surface area contributed by atoms with E-state index in [1.165, 1.54) is 0 Å². The monoisotopic (exact) mass is 395 g/mol. The van der Waals surface area contributed by atoms with Crippen molar-refractivity contribution in [1.29, 1.82) is 0 Å². The Morgan fingerprint density at radius 1 is 0.931 bits per heavy atom. The van der Waals surface area contributed by atoms with Crippen molar-refractivity contribution in [2.24, 2.45) is 0 Å². The first-order valence-electron chi connectivity index (χ1n) is 9.89. The molecule has 0 aliphatic carbocycles. The van der Waals surface area contributed by atoms with Crippen molar-refractivity contribution in [3.05, 3.63) is 60.2 Å². The Kier molecular flexibility index (Phi) is 5.95. The number of fused-ring (bicyclic) bond motifs is 1. The highest BCUT2D eigenvalue weighted by Crippen LogP contribution is 2.31. The van der Waals surface area contributed by atoms with Crippen LogP contribution in [0.1, 0.15) is 5.56 Å². The van der Waals surface area contributed by atoms with Crippen LogP contribution in [0.15, 0.2) is 54.6 Å². The van der Waals surface area contributed by atoms with Gasteiger partial charge in [-0.25, -0.2) is 0 Å². The molecule has 2 aliphatic rings. The number of ether oxygens (including phenoxy) is 2. The number of benzene rings is 2. The number of para-hydroxylation sites is 2. The maximum atomic E-state index is 12.8. The first-order chi connectivity index (χ1) is 14.2. The summed E-state index contributed by atoms with van der Waals surface area (Å²) in [6, 6.07) is 17.2. The molecule has 0 saturated carbocycles. The SMILES string of the molecule is O=C(CN1CCN(C(=O)[C@H]2COc3ccccc3O2)CC1)NCc1ccccc1. The van der Waals surface area contributed by atoms with Gasteiger partial charge in [-0.1, -0.05) is 42.5 Å². The smallest absolute Gasteiger partial charge is 0.267 e. The first kappa shape index (κ1) is 19.3. The maximum Gasteiger partial charge on any atom is 0.267 e. The summed E-state index contributed by atoms with van der Waals surface area (Å²) < 4.78 is 11.5. The van der Waals surface area contributed by atoms with Crippen LogP contribution in [0.2, 0.25) is 0 Å². The number of hydrogen-bond donors (Lipinski definition) is 1. The summed E-state index contributed by atoms with van der Waals surface area (Å²) in [5, 5.41) is 2.94. The van der Waals surface area contributed by atoms with Gasteiger partial charge in [0.1, 0.15) is 6.61 Å². The third kappa shape index (κ3) is 4.86. The van der Waals surface area contributed by atoms with E-state index in [9.17, 15) is 9.59 Å². The number of nitrogens with one attached hydrogen (secondary N) is 1. The predicted octanol–water partition coefficient (Wildman–Crippen LogP) is 1.29. The van der Waals surface area contributed by atoms with Crippen molar-refractivity contribution in [1.82, 2.24) is 15.1 Å². The van der Waals surface area contributed by atoms with Gasteiger partial charge in [0.25, 0.3) is 5.91 Å². The highest BCUT2D eigenvalue weighted by Gasteiger charge is 2.32. The molecule has 152 valence electrons. The highest BCUT2D eigenvalue weighted by atomic mass is 16.6. The number of hydrogen-bond acceptors (Lipinski definition) is 5. The zero-order valence-corrected chi connectivity index (χ0v) is 16.3. The molecule has 2 aliphatic heterocycles. The van der Waals surface area contributed by atoms with Gasteiger partial charge in [-0.2, -0.15) is 0 Å². The van der Waals surface area contributed by atoms with E-state index in [1.807, 2.05) is 48.5 Å². The Hall–Kier alpha value is -3.06. The molecule has 0 unspecified atom stereocenters. The summed E-state index contributed by atoms with van der Waals surface area (Å²) >= 11 is 0. The lowest BCUT2D eigenvalue weighted by Gasteiger charge is -2.36. The number of rotatable bonds is 5. The van der Waals surface area contributed by atoms with Gasteiger partial charge in [-0.05, 0) is 17.7 Å². The summed E-state index contributed by atoms with van der Waals surface area (Å²) in [5.41, 5.74) is 1.08. The fraction of sp³-hybridized carbons (Fsp3) is 0.364. The number of nitrogens with zero attached hydrogens (tertiary/aromatic N) is 2. The maximum absolute atomic E-state index is 12.8. The summed E-state index contributed by atoms with van der Waals surface area (Å²) in [6.45, 7) is 3.56. The number of amides is 2. The molecular formula is C22H25N3O4. The molecule has 2 amide bonds. The zero-order valence-electron chi connectivity index (χ0n) is 16.3. The molecule has 4 rings (SSSR count). The van der Waals surface area contributed by atoms with Gasteiger partial charge >= 0.3 is 0 Å². The molecule has 29 heavy (non-hydrogen) atoms. The van der Waals surface area contributed by atoms with E-state index in [4.69, 9.17) is 9.47 Å². The average Bonchev–Trinajstić information content (AvgIpc) is 2.78. The summed E-state index contributed by atoms with van der Waals surface area (Å²) in [5.74, 6) is 1.20. The predicted molar refractivity (Wildman–Crippen MR) is 108 cm³/mol. The molecule has 1 saturated heterocycles. The Morgan fingerprint density at radius 3 is 2.38 bits per heavy atom. The van der Waals surface area contributed by atoms with Crippen LogP contribution < -0.4 is 14.8 Å². The van der Waals surface area contributed by atoms with Gasteiger partial charge in [0.2, 0.25) is 12.0 Å². The Balaban J connectivity index is 1.21. The third-order valence-electron chi connectivity index (χ3n) is 5.17. The minimum Gasteiger partial charge on any atom is -0.485 e. The minimum absolute atomic E-state index is 0.00532. The molecule has 2 heterocycles. The van der Waals surface area contributed by atoms with E-state index in [0.29, 0.717) is 50.8 Å². The van der Waals surface area contributed by atoms with Crippen LogP contribution in [0.3, 0.4) is 0 Å². The molecule has 0 radical (unpaired) electrons. The fourth-order valence-electron chi connectivity index (χ4n) is 3.53. The largest absolute Gasteiger partial charge is 0.485 e. The third-order valence-corrected chi connectivity index (χ3v) is 5.17. The fourth-order valence-corrected chi connectivity index (χ4v) is 3.53. The first-order valence-corrected chi connectivity index (χ1v) is 9.89. The van der Waals surface area contributed by atoms with E-state index in [1.54, 1.807) is 11.0 Å². The van der Waals surface area contributed by atoms with Crippen LogP contribution in [0, 0.1) is 0 Å². The van der Waals surface area contributed by atoms with Gasteiger partial charge in [-0.15, -0.1) is 0 Å². The van der Waals surface area contributed by atoms with E-state index < -0.39 is 6.10 Å². The van der Waals surface area contributed by atoms with Gasteiger partial charge in [0, 0.05) is 32.7 Å². The summed E-state index contributed by atoms with van der Waals surface area (Å²) in [4.78, 5) is 28.8. The van der Waals surface area contributed by atoms with Crippen molar-refractivity contribution in [3.8, 4) is 11.5 Å². The second kappa shape index (κ2) is 8.96.